The molecule has 0 bridgehead atoms. The van der Waals surface area contributed by atoms with Gasteiger partial charge in [0.15, 0.2) is 5.82 Å². The first-order valence-corrected chi connectivity index (χ1v) is 7.02. The lowest BCUT2D eigenvalue weighted by molar-refractivity contribution is -0.121. The second-order valence-corrected chi connectivity index (χ2v) is 5.53. The summed E-state index contributed by atoms with van der Waals surface area (Å²) in [5.74, 6) is 1.90. The van der Waals surface area contributed by atoms with Crippen molar-refractivity contribution in [3.8, 4) is 0 Å². The third-order valence-electron chi connectivity index (χ3n) is 3.67. The van der Waals surface area contributed by atoms with Crippen LogP contribution < -0.4 is 0 Å². The van der Waals surface area contributed by atoms with Crippen LogP contribution in [0.2, 0.25) is 0 Å². The maximum absolute atomic E-state index is 11.6. The Labute approximate surface area is 108 Å². The maximum atomic E-state index is 11.6. The fourth-order valence-electron chi connectivity index (χ4n) is 2.40. The topological polar surface area (TPSA) is 56.0 Å². The van der Waals surface area contributed by atoms with Gasteiger partial charge in [-0.3, -0.25) is 4.79 Å². The van der Waals surface area contributed by atoms with E-state index >= 15 is 0 Å². The molecule has 1 heterocycles. The molecule has 1 aromatic rings. The summed E-state index contributed by atoms with van der Waals surface area (Å²) in [7, 11) is 0. The lowest BCUT2D eigenvalue weighted by atomic mass is 10.00. The number of aromatic nitrogens is 2. The third kappa shape index (κ3) is 3.40. The zero-order valence-corrected chi connectivity index (χ0v) is 11.3. The van der Waals surface area contributed by atoms with Crippen molar-refractivity contribution < 1.29 is 9.32 Å². The molecule has 4 heteroatoms. The van der Waals surface area contributed by atoms with Crippen LogP contribution in [-0.2, 0) is 11.2 Å². The summed E-state index contributed by atoms with van der Waals surface area (Å²) in [4.78, 5) is 16.0. The monoisotopic (exact) mass is 250 g/mol. The first-order chi connectivity index (χ1) is 8.66. The van der Waals surface area contributed by atoms with Crippen molar-refractivity contribution in [1.29, 1.82) is 0 Å². The van der Waals surface area contributed by atoms with Crippen LogP contribution in [0, 0.1) is 5.92 Å². The number of ketones is 1. The van der Waals surface area contributed by atoms with E-state index in [0.29, 0.717) is 11.8 Å². The minimum atomic E-state index is 0.0261. The van der Waals surface area contributed by atoms with E-state index in [1.165, 1.54) is 25.7 Å². The molecule has 1 aliphatic rings. The Balaban J connectivity index is 1.98. The van der Waals surface area contributed by atoms with Crippen LogP contribution >= 0.6 is 0 Å². The highest BCUT2D eigenvalue weighted by atomic mass is 16.5. The highest BCUT2D eigenvalue weighted by Crippen LogP contribution is 2.29. The second kappa shape index (κ2) is 6.12. The molecule has 0 atom stereocenters. The van der Waals surface area contributed by atoms with Gasteiger partial charge in [-0.1, -0.05) is 44.7 Å². The van der Waals surface area contributed by atoms with E-state index in [1.807, 2.05) is 13.8 Å². The molecule has 1 fully saturated rings. The van der Waals surface area contributed by atoms with Gasteiger partial charge in [0.2, 0.25) is 5.89 Å². The predicted octanol–water partition coefficient (Wildman–Crippen LogP) is 3.28. The molecule has 1 aliphatic carbocycles. The highest BCUT2D eigenvalue weighted by Gasteiger charge is 2.21. The molecule has 0 radical (unpaired) electrons. The number of nitrogens with zero attached hydrogens (tertiary/aromatic N) is 2. The smallest absolute Gasteiger partial charge is 0.234 e. The van der Waals surface area contributed by atoms with Crippen molar-refractivity contribution in [1.82, 2.24) is 10.1 Å². The Hall–Kier alpha value is -1.19. The molecule has 0 saturated heterocycles. The zero-order valence-electron chi connectivity index (χ0n) is 11.3. The molecule has 18 heavy (non-hydrogen) atoms. The Morgan fingerprint density at radius 2 is 1.94 bits per heavy atom. The summed E-state index contributed by atoms with van der Waals surface area (Å²) >= 11 is 0. The van der Waals surface area contributed by atoms with E-state index in [1.54, 1.807) is 0 Å². The average molecular weight is 250 g/mol. The minimum absolute atomic E-state index is 0.0261. The van der Waals surface area contributed by atoms with E-state index in [0.717, 1.165) is 18.7 Å². The van der Waals surface area contributed by atoms with Gasteiger partial charge in [0.05, 0.1) is 6.42 Å². The summed E-state index contributed by atoms with van der Waals surface area (Å²) in [6, 6.07) is 0. The quantitative estimate of drug-likeness (QED) is 0.769. The Morgan fingerprint density at radius 1 is 1.28 bits per heavy atom. The molecule has 4 nitrogen and oxygen atoms in total. The minimum Gasteiger partial charge on any atom is -0.339 e. The van der Waals surface area contributed by atoms with Crippen LogP contribution in [0.4, 0.5) is 0 Å². The normalized spacial score (nSPS) is 17.9. The van der Waals surface area contributed by atoms with Crippen molar-refractivity contribution in [2.45, 2.75) is 64.7 Å². The number of hydrogen-bond donors (Lipinski definition) is 0. The van der Waals surface area contributed by atoms with Crippen molar-refractivity contribution >= 4 is 5.78 Å². The predicted molar refractivity (Wildman–Crippen MR) is 68.3 cm³/mol. The van der Waals surface area contributed by atoms with Gasteiger partial charge in [0.1, 0.15) is 5.78 Å². The van der Waals surface area contributed by atoms with E-state index in [2.05, 4.69) is 10.1 Å². The van der Waals surface area contributed by atoms with E-state index in [9.17, 15) is 4.79 Å². The molecule has 100 valence electrons. The lowest BCUT2D eigenvalue weighted by Gasteiger charge is -2.07. The standard InChI is InChI=1S/C14H22N2O2/c1-10(2)12(17)9-13-15-14(16-18-13)11-7-5-3-4-6-8-11/h10-11H,3-9H2,1-2H3. The van der Waals surface area contributed by atoms with E-state index in [4.69, 9.17) is 4.52 Å². The maximum Gasteiger partial charge on any atom is 0.234 e. The van der Waals surface area contributed by atoms with Crippen molar-refractivity contribution in [3.05, 3.63) is 11.7 Å². The molecule has 0 amide bonds. The van der Waals surface area contributed by atoms with Crippen LogP contribution in [0.15, 0.2) is 4.52 Å². The summed E-state index contributed by atoms with van der Waals surface area (Å²) in [6.45, 7) is 3.79. The van der Waals surface area contributed by atoms with Gasteiger partial charge >= 0.3 is 0 Å². The van der Waals surface area contributed by atoms with Crippen LogP contribution in [-0.4, -0.2) is 15.9 Å². The van der Waals surface area contributed by atoms with Crippen LogP contribution in [0.25, 0.3) is 0 Å². The fourth-order valence-corrected chi connectivity index (χ4v) is 2.40. The van der Waals surface area contributed by atoms with E-state index < -0.39 is 0 Å². The molecular weight excluding hydrogens is 228 g/mol. The van der Waals surface area contributed by atoms with Crippen molar-refractivity contribution in [2.75, 3.05) is 0 Å². The van der Waals surface area contributed by atoms with Gasteiger partial charge in [0.25, 0.3) is 0 Å². The fraction of sp³-hybridized carbons (Fsp3) is 0.786. The van der Waals surface area contributed by atoms with Gasteiger partial charge in [-0.05, 0) is 12.8 Å². The SMILES string of the molecule is CC(C)C(=O)Cc1nc(C2CCCCCC2)no1. The molecule has 0 aliphatic heterocycles. The summed E-state index contributed by atoms with van der Waals surface area (Å²) in [5.41, 5.74) is 0. The number of carbonyl (C=O) groups excluding carboxylic acids is 1. The highest BCUT2D eigenvalue weighted by molar-refractivity contribution is 5.81. The Kier molecular flexibility index (Phi) is 4.50. The molecule has 1 aromatic heterocycles. The molecule has 1 saturated carbocycles. The molecule has 0 spiro atoms. The Morgan fingerprint density at radius 3 is 2.56 bits per heavy atom. The Bertz CT molecular complexity index is 390. The van der Waals surface area contributed by atoms with Gasteiger partial charge in [0, 0.05) is 11.8 Å². The lowest BCUT2D eigenvalue weighted by Crippen LogP contribution is -2.10. The average Bonchev–Trinajstić information content (AvgIpc) is 2.63. The summed E-state index contributed by atoms with van der Waals surface area (Å²) < 4.78 is 5.20. The first-order valence-electron chi connectivity index (χ1n) is 7.02. The van der Waals surface area contributed by atoms with E-state index in [-0.39, 0.29) is 18.1 Å². The van der Waals surface area contributed by atoms with Gasteiger partial charge in [-0.15, -0.1) is 0 Å². The number of rotatable bonds is 4. The van der Waals surface area contributed by atoms with Crippen molar-refractivity contribution in [2.24, 2.45) is 5.92 Å². The van der Waals surface area contributed by atoms with Crippen LogP contribution in [0.3, 0.4) is 0 Å². The number of hydrogen-bond acceptors (Lipinski definition) is 4. The molecule has 0 unspecified atom stereocenters. The largest absolute Gasteiger partial charge is 0.339 e. The van der Waals surface area contributed by atoms with Crippen molar-refractivity contribution in [3.63, 3.8) is 0 Å². The second-order valence-electron chi connectivity index (χ2n) is 5.53. The molecule has 0 aromatic carbocycles. The third-order valence-corrected chi connectivity index (χ3v) is 3.67. The van der Waals surface area contributed by atoms with Gasteiger partial charge in [-0.2, -0.15) is 4.98 Å². The summed E-state index contributed by atoms with van der Waals surface area (Å²) in [6.07, 6.45) is 7.70. The first kappa shape index (κ1) is 13.2. The zero-order chi connectivity index (χ0) is 13.0. The molecular formula is C14H22N2O2. The van der Waals surface area contributed by atoms with Gasteiger partial charge < -0.3 is 4.52 Å². The number of Topliss-reactive ketones (excluding diaryl/α,β-unsaturated/α-hetero) is 1. The summed E-state index contributed by atoms with van der Waals surface area (Å²) in [5, 5.41) is 4.06. The van der Waals surface area contributed by atoms with Crippen LogP contribution in [0.5, 0.6) is 0 Å². The molecule has 2 rings (SSSR count). The molecule has 0 N–H and O–H groups in total. The van der Waals surface area contributed by atoms with Crippen LogP contribution in [0.1, 0.15) is 70.0 Å². The number of carbonyl (C=O) groups is 1. The van der Waals surface area contributed by atoms with Gasteiger partial charge in [-0.25, -0.2) is 0 Å².